The van der Waals surface area contributed by atoms with E-state index in [4.69, 9.17) is 4.74 Å². The summed E-state index contributed by atoms with van der Waals surface area (Å²) in [6.45, 7) is 5.75. The first-order valence-corrected chi connectivity index (χ1v) is 6.51. The first-order valence-electron chi connectivity index (χ1n) is 6.51. The number of hydrogen-bond donors (Lipinski definition) is 2. The molecule has 0 spiro atoms. The molecule has 1 aromatic rings. The molecule has 20 heavy (non-hydrogen) atoms. The lowest BCUT2D eigenvalue weighted by Crippen LogP contribution is -2.41. The number of amides is 2. The van der Waals surface area contributed by atoms with Crippen LogP contribution < -0.4 is 15.4 Å². The molecular formula is C15H22N2O3. The summed E-state index contributed by atoms with van der Waals surface area (Å²) in [5.41, 5.74) is 0.397. The summed E-state index contributed by atoms with van der Waals surface area (Å²) in [5.74, 6) is 0.352. The predicted octanol–water partition coefficient (Wildman–Crippen LogP) is 1.47. The van der Waals surface area contributed by atoms with Crippen molar-refractivity contribution in [2.24, 2.45) is 5.41 Å². The van der Waals surface area contributed by atoms with Crippen LogP contribution in [0.2, 0.25) is 0 Å². The molecular weight excluding hydrogens is 256 g/mol. The van der Waals surface area contributed by atoms with Crippen molar-refractivity contribution in [2.75, 3.05) is 13.7 Å². The quantitative estimate of drug-likeness (QED) is 0.857. The Hall–Kier alpha value is -2.04. The first kappa shape index (κ1) is 16.0. The highest BCUT2D eigenvalue weighted by Gasteiger charge is 2.21. The second kappa shape index (κ2) is 6.93. The van der Waals surface area contributed by atoms with Crippen LogP contribution in [0.1, 0.15) is 26.3 Å². The minimum absolute atomic E-state index is 0.0226. The van der Waals surface area contributed by atoms with Crippen LogP contribution in [-0.4, -0.2) is 25.5 Å². The van der Waals surface area contributed by atoms with Gasteiger partial charge in [-0.05, 0) is 6.07 Å². The molecule has 0 fully saturated rings. The largest absolute Gasteiger partial charge is 0.496 e. The minimum atomic E-state index is -0.497. The highest BCUT2D eigenvalue weighted by Crippen LogP contribution is 2.16. The maximum Gasteiger partial charge on any atom is 0.239 e. The van der Waals surface area contributed by atoms with E-state index in [-0.39, 0.29) is 18.4 Å². The molecule has 1 aromatic carbocycles. The number of methoxy groups -OCH3 is 1. The Morgan fingerprint density at radius 3 is 2.40 bits per heavy atom. The van der Waals surface area contributed by atoms with Crippen molar-refractivity contribution in [1.29, 1.82) is 0 Å². The Morgan fingerprint density at radius 1 is 1.15 bits per heavy atom. The summed E-state index contributed by atoms with van der Waals surface area (Å²) < 4.78 is 5.20. The number of ether oxygens (including phenoxy) is 1. The van der Waals surface area contributed by atoms with Gasteiger partial charge in [-0.15, -0.1) is 0 Å². The van der Waals surface area contributed by atoms with E-state index in [9.17, 15) is 9.59 Å². The lowest BCUT2D eigenvalue weighted by Gasteiger charge is -2.17. The third-order valence-electron chi connectivity index (χ3n) is 2.76. The van der Waals surface area contributed by atoms with Gasteiger partial charge in [0.15, 0.2) is 0 Å². The standard InChI is InChI=1S/C15H22N2O3/c1-15(2,3)14(19)17-10-13(18)16-9-11-7-5-6-8-12(11)20-4/h5-8H,9-10H2,1-4H3,(H,16,18)(H,17,19). The molecule has 0 atom stereocenters. The van der Waals surface area contributed by atoms with Gasteiger partial charge in [0.1, 0.15) is 5.75 Å². The normalized spacial score (nSPS) is 10.8. The number of hydrogen-bond acceptors (Lipinski definition) is 3. The monoisotopic (exact) mass is 278 g/mol. The van der Waals surface area contributed by atoms with Crippen LogP contribution in [0, 0.1) is 5.41 Å². The SMILES string of the molecule is COc1ccccc1CNC(=O)CNC(=O)C(C)(C)C. The van der Waals surface area contributed by atoms with E-state index in [1.54, 1.807) is 27.9 Å². The molecule has 0 saturated heterocycles. The van der Waals surface area contributed by atoms with Crippen molar-refractivity contribution in [3.63, 3.8) is 0 Å². The van der Waals surface area contributed by atoms with E-state index in [0.717, 1.165) is 11.3 Å². The Balaban J connectivity index is 2.42. The zero-order valence-electron chi connectivity index (χ0n) is 12.4. The van der Waals surface area contributed by atoms with Gasteiger partial charge in [-0.1, -0.05) is 39.0 Å². The fourth-order valence-corrected chi connectivity index (χ4v) is 1.53. The third kappa shape index (κ3) is 4.91. The second-order valence-corrected chi connectivity index (χ2v) is 5.52. The minimum Gasteiger partial charge on any atom is -0.496 e. The molecule has 1 rings (SSSR count). The summed E-state index contributed by atoms with van der Waals surface area (Å²) in [7, 11) is 1.59. The summed E-state index contributed by atoms with van der Waals surface area (Å²) in [6, 6.07) is 7.47. The zero-order valence-corrected chi connectivity index (χ0v) is 12.4. The van der Waals surface area contributed by atoms with Gasteiger partial charge < -0.3 is 15.4 Å². The fourth-order valence-electron chi connectivity index (χ4n) is 1.53. The predicted molar refractivity (Wildman–Crippen MR) is 77.3 cm³/mol. The van der Waals surface area contributed by atoms with Gasteiger partial charge in [0.25, 0.3) is 0 Å². The number of rotatable bonds is 5. The number of benzene rings is 1. The first-order chi connectivity index (χ1) is 9.34. The molecule has 110 valence electrons. The lowest BCUT2D eigenvalue weighted by molar-refractivity contribution is -0.131. The van der Waals surface area contributed by atoms with Crippen LogP contribution in [0.3, 0.4) is 0 Å². The van der Waals surface area contributed by atoms with Crippen LogP contribution in [0.5, 0.6) is 5.75 Å². The summed E-state index contributed by atoms with van der Waals surface area (Å²) in [5, 5.41) is 5.35. The third-order valence-corrected chi connectivity index (χ3v) is 2.76. The van der Waals surface area contributed by atoms with Gasteiger partial charge in [0.2, 0.25) is 11.8 Å². The van der Waals surface area contributed by atoms with Crippen molar-refractivity contribution in [3.05, 3.63) is 29.8 Å². The van der Waals surface area contributed by atoms with Crippen molar-refractivity contribution < 1.29 is 14.3 Å². The molecule has 2 amide bonds. The van der Waals surface area contributed by atoms with Crippen molar-refractivity contribution in [2.45, 2.75) is 27.3 Å². The van der Waals surface area contributed by atoms with Gasteiger partial charge in [-0.3, -0.25) is 9.59 Å². The van der Waals surface area contributed by atoms with Gasteiger partial charge in [0, 0.05) is 17.5 Å². The van der Waals surface area contributed by atoms with E-state index >= 15 is 0 Å². The molecule has 5 heteroatoms. The lowest BCUT2D eigenvalue weighted by atomic mass is 9.96. The molecule has 0 aliphatic carbocycles. The number of para-hydroxylation sites is 1. The second-order valence-electron chi connectivity index (χ2n) is 5.52. The maximum absolute atomic E-state index is 11.7. The average Bonchev–Trinajstić information content (AvgIpc) is 2.41. The van der Waals surface area contributed by atoms with Crippen LogP contribution in [0.15, 0.2) is 24.3 Å². The highest BCUT2D eigenvalue weighted by atomic mass is 16.5. The Morgan fingerprint density at radius 2 is 1.80 bits per heavy atom. The van der Waals surface area contributed by atoms with E-state index in [1.165, 1.54) is 0 Å². The molecule has 0 bridgehead atoms. The maximum atomic E-state index is 11.7. The number of carbonyl (C=O) groups excluding carboxylic acids is 2. The molecule has 0 heterocycles. The van der Waals surface area contributed by atoms with E-state index in [2.05, 4.69) is 10.6 Å². The Bertz CT molecular complexity index is 478. The number of carbonyl (C=O) groups is 2. The van der Waals surface area contributed by atoms with Gasteiger partial charge in [-0.2, -0.15) is 0 Å². The van der Waals surface area contributed by atoms with Crippen molar-refractivity contribution in [3.8, 4) is 5.75 Å². The molecule has 0 unspecified atom stereocenters. The molecule has 0 aromatic heterocycles. The number of nitrogens with one attached hydrogen (secondary N) is 2. The van der Waals surface area contributed by atoms with Gasteiger partial charge >= 0.3 is 0 Å². The zero-order chi connectivity index (χ0) is 15.2. The molecule has 0 saturated carbocycles. The molecule has 0 aliphatic rings. The van der Waals surface area contributed by atoms with Crippen molar-refractivity contribution in [1.82, 2.24) is 10.6 Å². The van der Waals surface area contributed by atoms with Crippen molar-refractivity contribution >= 4 is 11.8 Å². The summed E-state index contributed by atoms with van der Waals surface area (Å²) in [4.78, 5) is 23.3. The van der Waals surface area contributed by atoms with E-state index < -0.39 is 5.41 Å². The molecule has 0 radical (unpaired) electrons. The fraction of sp³-hybridized carbons (Fsp3) is 0.467. The summed E-state index contributed by atoms with van der Waals surface area (Å²) in [6.07, 6.45) is 0. The van der Waals surface area contributed by atoms with Crippen LogP contribution in [0.25, 0.3) is 0 Å². The Labute approximate surface area is 119 Å². The average molecular weight is 278 g/mol. The smallest absolute Gasteiger partial charge is 0.239 e. The van der Waals surface area contributed by atoms with Gasteiger partial charge in [-0.25, -0.2) is 0 Å². The topological polar surface area (TPSA) is 67.4 Å². The molecule has 5 nitrogen and oxygen atoms in total. The van der Waals surface area contributed by atoms with E-state index in [1.807, 2.05) is 24.3 Å². The van der Waals surface area contributed by atoms with Crippen LogP contribution in [-0.2, 0) is 16.1 Å². The van der Waals surface area contributed by atoms with Crippen LogP contribution in [0.4, 0.5) is 0 Å². The Kier molecular flexibility index (Phi) is 5.55. The van der Waals surface area contributed by atoms with Crippen LogP contribution >= 0.6 is 0 Å². The molecule has 2 N–H and O–H groups in total. The van der Waals surface area contributed by atoms with Gasteiger partial charge in [0.05, 0.1) is 13.7 Å². The highest BCUT2D eigenvalue weighted by molar-refractivity contribution is 5.87. The summed E-state index contributed by atoms with van der Waals surface area (Å²) >= 11 is 0. The van der Waals surface area contributed by atoms with E-state index in [0.29, 0.717) is 6.54 Å². The molecule has 0 aliphatic heterocycles.